The van der Waals surface area contributed by atoms with E-state index in [2.05, 4.69) is 128 Å². The number of aromatic hydroxyl groups is 2. The number of carbonyl (C=O) groups is 7. The van der Waals surface area contributed by atoms with Crippen LogP contribution in [-0.2, 0) is 40.6 Å². The number of alkyl carbamates (subject to hydrolysis) is 1. The first-order chi connectivity index (χ1) is 66.6. The van der Waals surface area contributed by atoms with Gasteiger partial charge in [-0.25, -0.2) is 38.3 Å². The van der Waals surface area contributed by atoms with Crippen LogP contribution in [-0.4, -0.2) is 171 Å². The Morgan fingerprint density at radius 1 is 0.545 bits per heavy atom. The van der Waals surface area contributed by atoms with Gasteiger partial charge >= 0.3 is 17.7 Å². The maximum Gasteiger partial charge on any atom is 0.414 e. The van der Waals surface area contributed by atoms with Crippen molar-refractivity contribution in [1.29, 1.82) is 0 Å². The molecule has 6 amide bonds. The van der Waals surface area contributed by atoms with Crippen LogP contribution in [0.2, 0.25) is 0 Å². The van der Waals surface area contributed by atoms with E-state index in [-0.39, 0.29) is 133 Å². The molecule has 1 aromatic carbocycles. The number of aromatic nitrogens is 14. The van der Waals surface area contributed by atoms with Crippen LogP contribution in [0.25, 0.3) is 0 Å². The van der Waals surface area contributed by atoms with Gasteiger partial charge in [0.2, 0.25) is 23.2 Å². The van der Waals surface area contributed by atoms with Crippen molar-refractivity contribution in [3.05, 3.63) is 223 Å². The monoisotopic (exact) mass is 2050 g/mol. The summed E-state index contributed by atoms with van der Waals surface area (Å²) in [5, 5.41) is 80.9. The number of allylic oxidation sites excluding steroid dienone is 1. The molecule has 5 aliphatic heterocycles. The molecule has 15 rings (SSSR count). The third-order valence-electron chi connectivity index (χ3n) is 20.1. The number of aromatic amines is 4. The van der Waals surface area contributed by atoms with Gasteiger partial charge in [-0.3, -0.25) is 78.2 Å². The molecule has 42 nitrogen and oxygen atoms in total. The van der Waals surface area contributed by atoms with Crippen LogP contribution in [0.5, 0.6) is 11.5 Å². The Hall–Kier alpha value is -13.8. The number of thioether (sulfide) groups is 1. The van der Waals surface area contributed by atoms with Crippen molar-refractivity contribution < 1.29 is 96.4 Å². The summed E-state index contributed by atoms with van der Waals surface area (Å²) in [4.78, 5) is 147. The van der Waals surface area contributed by atoms with Crippen LogP contribution >= 0.6 is 23.3 Å². The second-order valence-corrected chi connectivity index (χ2v) is 39.2. The molecule has 5 aliphatic rings. The number of imide groups is 3. The largest absolute Gasteiger partial charge is 0.503 e. The fourth-order valence-electron chi connectivity index (χ4n) is 11.5. The standard InChI is InChI=1S/C9H10F2O.C8H10O3.C7H12N2O.C7H11NO2.C7H11N.3C6H10N2O.C6H9NO3.C6H9NO2S.3C6H9NO2.C6H9NOS.C5H9N3O/c1-5(2)6-3-7(10)9(12)8(11)4-6;1-5(2)6-3-11-4-7(9)8(6)10;1-5(2)6-4-7(10)8-9(6)3;1-4(2)5-3-6(9)8-7(5)10;1-6(2)7-3-4-8-5-7;1-5(2)6-3-7-4-8(6)9;1-5(2)6-7-3-4-8(6)9;1-5(2)6-3-4-7-8(6)9;2*1-3(2)4-5(8)7-6(9)10-4;1-4(2)5-3-7-9-6(5)8;1-4(2)5-3-6(8)7-9-5;1-4(2)5-3-6(8)9-7-5;1-4(2)5-3-6(8)7-9-5;1-4(2)5-3-6-7-8(5)9/h3-5,12H,1-2H3;3-5,9H,1-2H3;4-5H,1-3H3,(H,8,10);4-5H,3H2,1-2H3,(H,8,9,10);3-4,6H,5H2,1-2H3;3*3-5,9H,1-2H3;2*3-4H,1-2H3,(H,7,8,9);3-4,7H,1-2H3;3-4H,1-2H3,(H,7,8);4H,3H2,1-2H3;3-4H,1-2H3,(H,7,8);3-4,9H,1-2H3. The van der Waals surface area contributed by atoms with Gasteiger partial charge < -0.3 is 54.1 Å². The number of aryl methyl sites for hydroxylation is 1. The molecule has 3 fully saturated rings. The quantitative estimate of drug-likeness (QED) is 0.0257. The van der Waals surface area contributed by atoms with Crippen molar-refractivity contribution in [2.75, 3.05) is 6.54 Å². The predicted octanol–water partition coefficient (Wildman–Crippen LogP) is 17.4. The molecule has 0 bridgehead atoms. The summed E-state index contributed by atoms with van der Waals surface area (Å²) in [7, 11) is 1.84. The molecule has 0 radical (unpaired) electrons. The topological polar surface area (TPSA) is 597 Å². The van der Waals surface area contributed by atoms with Gasteiger partial charge in [-0.1, -0.05) is 241 Å². The minimum absolute atomic E-state index is 0.0173. The number of nitrogens with one attached hydrogen (secondary N) is 7. The molecule has 0 aliphatic carbocycles. The molecule has 0 saturated carbocycles. The number of cyclic esters (lactones) is 1. The number of rotatable bonds is 15. The normalized spacial score (nSPS) is 14.6. The Bertz CT molecular complexity index is 5590. The number of carbonyl (C=O) groups excluding carboxylic acids is 7. The minimum Gasteiger partial charge on any atom is -0.503 e. The van der Waals surface area contributed by atoms with Crippen molar-refractivity contribution in [2.45, 2.75) is 291 Å². The van der Waals surface area contributed by atoms with Crippen molar-refractivity contribution in [3.8, 4) is 11.5 Å². The lowest BCUT2D eigenvalue weighted by Crippen LogP contribution is -2.27. The fraction of sp³-hybridized carbons (Fsp3) is 0.536. The molecule has 143 heavy (non-hydrogen) atoms. The van der Waals surface area contributed by atoms with Gasteiger partial charge in [-0.2, -0.15) is 14.6 Å². The van der Waals surface area contributed by atoms with E-state index in [1.165, 1.54) is 42.0 Å². The van der Waals surface area contributed by atoms with Crippen LogP contribution in [0.1, 0.15) is 336 Å². The number of ether oxygens (including phenoxy) is 1. The van der Waals surface area contributed by atoms with Crippen LogP contribution in [0.4, 0.5) is 18.4 Å². The SMILES string of the molecule is CC(C)C1=CC=NC1.CC(C)C1=NOC(=O)C1.CC(C)C1CC(=O)NC1=O.CC(C)C1OC(=O)NC1=O.CC(C)C1SC(=O)NC1=O.CC(C)c1c[nH]oc1=O.CC(C)c1cc(=O)[nH]n1C.CC(C)c1cc(=O)[nH]o1.CC(C)c1cc(=O)[nH]s1.CC(C)c1cc(F)c(O)c(F)c1.CC(C)c1ccnn1O.CC(C)c1cncn1O.CC(C)c1cnnn1O.CC(C)c1cocc(O)c1=O.CC(C)c1nccn1O. The van der Waals surface area contributed by atoms with E-state index in [0.29, 0.717) is 76.6 Å². The Balaban J connectivity index is 0.000000767. The van der Waals surface area contributed by atoms with Crippen LogP contribution < -0.4 is 43.7 Å². The molecule has 3 saturated heterocycles. The third-order valence-corrected chi connectivity index (χ3v) is 22.6. The Labute approximate surface area is 838 Å². The van der Waals surface area contributed by atoms with Crippen LogP contribution in [0.3, 0.4) is 0 Å². The highest BCUT2D eigenvalue weighted by molar-refractivity contribution is 8.15. The number of H-pyrrole nitrogens is 4. The number of halogens is 2. The summed E-state index contributed by atoms with van der Waals surface area (Å²) in [6.45, 7) is 60.0. The lowest BCUT2D eigenvalue weighted by molar-refractivity contribution is -0.140. The fourth-order valence-corrected chi connectivity index (χ4v) is 13.0. The average molecular weight is 2050 g/mol. The number of imidazole rings is 2. The molecule has 10 aromatic rings. The Morgan fingerprint density at radius 2 is 1.15 bits per heavy atom. The molecular weight excluding hydrogens is 1900 g/mol. The maximum atomic E-state index is 12.7. The zero-order chi connectivity index (χ0) is 109. The first-order valence-corrected chi connectivity index (χ1v) is 48.1. The first kappa shape index (κ1) is 127. The maximum absolute atomic E-state index is 12.7. The number of phenols is 1. The lowest BCUT2D eigenvalue weighted by atomic mass is 9.95. The molecule has 14 heterocycles. The number of amides is 6. The summed E-state index contributed by atoms with van der Waals surface area (Å²) >= 11 is 2.50. The number of nitrogens with zero attached hydrogens (tertiary/aromatic N) is 12. The molecule has 794 valence electrons. The van der Waals surface area contributed by atoms with Gasteiger partial charge in [0.15, 0.2) is 29.2 Å². The number of benzene rings is 1. The van der Waals surface area contributed by atoms with Gasteiger partial charge in [0.25, 0.3) is 27.8 Å². The zero-order valence-corrected chi connectivity index (χ0v) is 89.0. The summed E-state index contributed by atoms with van der Waals surface area (Å²) in [5.41, 5.74) is 6.74. The van der Waals surface area contributed by atoms with Crippen molar-refractivity contribution in [3.63, 3.8) is 0 Å². The summed E-state index contributed by atoms with van der Waals surface area (Å²) in [6, 6.07) is 8.82. The molecule has 3 unspecified atom stereocenters. The van der Waals surface area contributed by atoms with Gasteiger partial charge in [0.1, 0.15) is 29.9 Å². The molecule has 46 heteroatoms. The molecule has 13 N–H and O–H groups in total. The second-order valence-electron chi connectivity index (χ2n) is 37.2. The van der Waals surface area contributed by atoms with Crippen LogP contribution in [0.15, 0.2) is 152 Å². The molecule has 0 spiro atoms. The Morgan fingerprint density at radius 3 is 1.39 bits per heavy atom. The van der Waals surface area contributed by atoms with Crippen molar-refractivity contribution >= 4 is 76.2 Å². The van der Waals surface area contributed by atoms with E-state index in [1.807, 2.05) is 185 Å². The summed E-state index contributed by atoms with van der Waals surface area (Å²) < 4.78 is 50.5. The van der Waals surface area contributed by atoms with E-state index in [1.54, 1.807) is 53.9 Å². The minimum atomic E-state index is -0.904. The van der Waals surface area contributed by atoms with E-state index in [0.717, 1.165) is 89.2 Å². The predicted molar refractivity (Wildman–Crippen MR) is 539 cm³/mol. The molecular formula is C97H147F2N19O23S2. The molecule has 9 aromatic heterocycles. The van der Waals surface area contributed by atoms with Crippen LogP contribution in [0, 0.1) is 47.1 Å². The third kappa shape index (κ3) is 47.1. The summed E-state index contributed by atoms with van der Waals surface area (Å²) in [5.74, 6) is 1.62. The lowest BCUT2D eigenvalue weighted by Gasteiger charge is -2.08. The summed E-state index contributed by atoms with van der Waals surface area (Å²) in [6.07, 6.45) is 16.8. The average Bonchev–Trinajstić information content (AvgIpc) is 1.83. The van der Waals surface area contributed by atoms with E-state index in [9.17, 15) is 66.3 Å². The van der Waals surface area contributed by atoms with Gasteiger partial charge in [-0.15, -0.1) is 15.0 Å². The molecule has 3 atom stereocenters. The zero-order valence-electron chi connectivity index (χ0n) is 87.4. The van der Waals surface area contributed by atoms with E-state index >= 15 is 0 Å². The van der Waals surface area contributed by atoms with Crippen molar-refractivity contribution in [2.24, 2.45) is 52.7 Å². The van der Waals surface area contributed by atoms with Gasteiger partial charge in [0.05, 0.1) is 71.9 Å². The number of aliphatic imine (C=N–C) groups is 1. The van der Waals surface area contributed by atoms with Gasteiger partial charge in [-0.05, 0) is 112 Å². The number of hydrogen-bond donors (Lipinski definition) is 13. The first-order valence-electron chi connectivity index (χ1n) is 46.4. The Kier molecular flexibility index (Phi) is 56.8. The highest BCUT2D eigenvalue weighted by Crippen LogP contribution is 2.28. The van der Waals surface area contributed by atoms with E-state index < -0.39 is 29.6 Å². The van der Waals surface area contributed by atoms with Crippen molar-refractivity contribution in [1.82, 2.24) is 84.9 Å². The van der Waals surface area contributed by atoms with Gasteiger partial charge in [0, 0.05) is 90.1 Å². The highest BCUT2D eigenvalue weighted by Gasteiger charge is 2.36. The number of phenolic OH excluding ortho intramolecular Hbond substituents is 1. The highest BCUT2D eigenvalue weighted by atomic mass is 32.2. The number of oxime groups is 1. The van der Waals surface area contributed by atoms with E-state index in [4.69, 9.17) is 40.0 Å². The second kappa shape index (κ2) is 63.9. The smallest absolute Gasteiger partial charge is 0.414 e. The number of hydrogen-bond acceptors (Lipinski definition) is 32.